The third-order valence-electron chi connectivity index (χ3n) is 2.57. The Bertz CT molecular complexity index is 452. The topological polar surface area (TPSA) is 54.8 Å². The van der Waals surface area contributed by atoms with Gasteiger partial charge in [0, 0.05) is 32.0 Å². The maximum absolute atomic E-state index is 4.19. The molecule has 5 nitrogen and oxygen atoms in total. The second kappa shape index (κ2) is 6.64. The van der Waals surface area contributed by atoms with Crippen molar-refractivity contribution in [3.63, 3.8) is 0 Å². The Kier molecular flexibility index (Phi) is 4.58. The minimum absolute atomic E-state index is 0.907. The number of hydrogen-bond acceptors (Lipinski definition) is 4. The lowest BCUT2D eigenvalue weighted by atomic mass is 10.3. The molecule has 2 rings (SSSR count). The Morgan fingerprint density at radius 2 is 2.06 bits per heavy atom. The third-order valence-corrected chi connectivity index (χ3v) is 2.57. The van der Waals surface area contributed by atoms with E-state index < -0.39 is 0 Å². The first kappa shape index (κ1) is 12.4. The largest absolute Gasteiger partial charge is 0.384 e. The van der Waals surface area contributed by atoms with Gasteiger partial charge in [0.05, 0.1) is 23.8 Å². The maximum atomic E-state index is 4.19. The predicted octanol–water partition coefficient (Wildman–Crippen LogP) is 2.21. The van der Waals surface area contributed by atoms with E-state index in [1.165, 1.54) is 0 Å². The Morgan fingerprint density at radius 1 is 1.22 bits per heavy atom. The molecule has 2 aromatic rings. The molecular weight excluding hydrogens is 226 g/mol. The van der Waals surface area contributed by atoms with Crippen molar-refractivity contribution in [2.24, 2.45) is 0 Å². The second-order valence-electron chi connectivity index (χ2n) is 4.04. The smallest absolute Gasteiger partial charge is 0.0547 e. The first-order valence-corrected chi connectivity index (χ1v) is 6.28. The van der Waals surface area contributed by atoms with Crippen LogP contribution in [0.25, 0.3) is 0 Å². The third kappa shape index (κ3) is 3.76. The van der Waals surface area contributed by atoms with Crippen molar-refractivity contribution in [1.29, 1.82) is 0 Å². The molecule has 0 saturated carbocycles. The van der Waals surface area contributed by atoms with Crippen LogP contribution in [0.1, 0.15) is 13.3 Å². The van der Waals surface area contributed by atoms with Crippen molar-refractivity contribution in [3.8, 4) is 0 Å². The fourth-order valence-electron chi connectivity index (χ4n) is 1.74. The molecule has 0 aliphatic heterocycles. The van der Waals surface area contributed by atoms with Crippen molar-refractivity contribution >= 4 is 11.4 Å². The van der Waals surface area contributed by atoms with E-state index in [9.17, 15) is 0 Å². The molecule has 0 unspecified atom stereocenters. The predicted molar refractivity (Wildman–Crippen MR) is 73.7 cm³/mol. The summed E-state index contributed by atoms with van der Waals surface area (Å²) >= 11 is 0. The molecule has 2 heterocycles. The number of rotatable bonds is 7. The lowest BCUT2D eigenvalue weighted by Crippen LogP contribution is -2.07. The van der Waals surface area contributed by atoms with Crippen LogP contribution in [-0.2, 0) is 6.54 Å². The Balaban J connectivity index is 1.74. The highest BCUT2D eigenvalue weighted by Gasteiger charge is 1.96. The Hall–Kier alpha value is -2.04. The van der Waals surface area contributed by atoms with E-state index in [-0.39, 0.29) is 0 Å². The zero-order valence-corrected chi connectivity index (χ0v) is 10.6. The standard InChI is InChI=1S/C13H19N5/c1-2-15-12-9-13(11-14-10-12)16-5-3-7-18-8-4-6-17-18/h4,6,8-11,15-16H,2-3,5,7H2,1H3. The molecule has 0 saturated heterocycles. The van der Waals surface area contributed by atoms with Crippen molar-refractivity contribution < 1.29 is 0 Å². The van der Waals surface area contributed by atoms with Gasteiger partial charge in [-0.3, -0.25) is 9.67 Å². The maximum Gasteiger partial charge on any atom is 0.0547 e. The summed E-state index contributed by atoms with van der Waals surface area (Å²) in [4.78, 5) is 4.19. The molecule has 0 spiro atoms. The summed E-state index contributed by atoms with van der Waals surface area (Å²) in [5, 5.41) is 10.8. The molecule has 18 heavy (non-hydrogen) atoms. The van der Waals surface area contributed by atoms with Gasteiger partial charge < -0.3 is 10.6 Å². The summed E-state index contributed by atoms with van der Waals surface area (Å²) in [6.07, 6.45) is 8.49. The van der Waals surface area contributed by atoms with E-state index >= 15 is 0 Å². The zero-order chi connectivity index (χ0) is 12.6. The van der Waals surface area contributed by atoms with Crippen LogP contribution in [0.3, 0.4) is 0 Å². The minimum atomic E-state index is 0.907. The van der Waals surface area contributed by atoms with E-state index in [1.807, 2.05) is 29.3 Å². The summed E-state index contributed by atoms with van der Waals surface area (Å²) in [5.41, 5.74) is 2.10. The fraction of sp³-hybridized carbons (Fsp3) is 0.385. The summed E-state index contributed by atoms with van der Waals surface area (Å²) < 4.78 is 1.94. The minimum Gasteiger partial charge on any atom is -0.384 e. The van der Waals surface area contributed by atoms with Gasteiger partial charge in [0.25, 0.3) is 0 Å². The van der Waals surface area contributed by atoms with Crippen molar-refractivity contribution in [2.45, 2.75) is 19.9 Å². The van der Waals surface area contributed by atoms with Gasteiger partial charge in [-0.05, 0) is 25.5 Å². The summed E-state index contributed by atoms with van der Waals surface area (Å²) in [7, 11) is 0. The fourth-order valence-corrected chi connectivity index (χ4v) is 1.74. The van der Waals surface area contributed by atoms with Gasteiger partial charge in [0.1, 0.15) is 0 Å². The van der Waals surface area contributed by atoms with Crippen molar-refractivity contribution in [1.82, 2.24) is 14.8 Å². The summed E-state index contributed by atoms with van der Waals surface area (Å²) in [6, 6.07) is 4.02. The Morgan fingerprint density at radius 3 is 2.78 bits per heavy atom. The molecule has 0 radical (unpaired) electrons. The van der Waals surface area contributed by atoms with Gasteiger partial charge in [-0.15, -0.1) is 0 Å². The molecule has 5 heteroatoms. The van der Waals surface area contributed by atoms with E-state index in [2.05, 4.69) is 33.7 Å². The SMILES string of the molecule is CCNc1cncc(NCCCn2cccn2)c1. The number of nitrogens with one attached hydrogen (secondary N) is 2. The second-order valence-corrected chi connectivity index (χ2v) is 4.04. The molecule has 2 N–H and O–H groups in total. The molecule has 0 fully saturated rings. The molecule has 0 aliphatic rings. The number of nitrogens with zero attached hydrogens (tertiary/aromatic N) is 3. The van der Waals surface area contributed by atoms with Crippen LogP contribution in [-0.4, -0.2) is 27.9 Å². The molecule has 0 amide bonds. The average Bonchev–Trinajstić information content (AvgIpc) is 2.89. The number of aryl methyl sites for hydroxylation is 1. The molecule has 0 bridgehead atoms. The van der Waals surface area contributed by atoms with Crippen molar-refractivity contribution in [2.75, 3.05) is 23.7 Å². The highest BCUT2D eigenvalue weighted by Crippen LogP contribution is 2.12. The highest BCUT2D eigenvalue weighted by atomic mass is 15.3. The quantitative estimate of drug-likeness (QED) is 0.734. The van der Waals surface area contributed by atoms with Crippen molar-refractivity contribution in [3.05, 3.63) is 36.9 Å². The summed E-state index contributed by atoms with van der Waals surface area (Å²) in [6.45, 7) is 4.83. The lowest BCUT2D eigenvalue weighted by Gasteiger charge is -2.08. The normalized spacial score (nSPS) is 10.3. The van der Waals surface area contributed by atoms with E-state index in [0.29, 0.717) is 0 Å². The molecular formula is C13H19N5. The highest BCUT2D eigenvalue weighted by molar-refractivity contribution is 5.53. The number of hydrogen-bond donors (Lipinski definition) is 2. The van der Waals surface area contributed by atoms with Crippen LogP contribution >= 0.6 is 0 Å². The van der Waals surface area contributed by atoms with Crippen LogP contribution in [0.2, 0.25) is 0 Å². The van der Waals surface area contributed by atoms with Gasteiger partial charge in [-0.25, -0.2) is 0 Å². The van der Waals surface area contributed by atoms with Gasteiger partial charge in [-0.2, -0.15) is 5.10 Å². The van der Waals surface area contributed by atoms with Gasteiger partial charge in [0.15, 0.2) is 0 Å². The first-order valence-electron chi connectivity index (χ1n) is 6.28. The van der Waals surface area contributed by atoms with E-state index in [1.54, 1.807) is 6.20 Å². The zero-order valence-electron chi connectivity index (χ0n) is 10.6. The molecule has 0 aliphatic carbocycles. The molecule has 2 aromatic heterocycles. The van der Waals surface area contributed by atoms with Crippen LogP contribution in [0.15, 0.2) is 36.9 Å². The lowest BCUT2D eigenvalue weighted by molar-refractivity contribution is 0.592. The van der Waals surface area contributed by atoms with Crippen LogP contribution < -0.4 is 10.6 Å². The summed E-state index contributed by atoms with van der Waals surface area (Å²) in [5.74, 6) is 0. The number of anilines is 2. The molecule has 96 valence electrons. The Labute approximate surface area is 107 Å². The van der Waals surface area contributed by atoms with E-state index in [4.69, 9.17) is 0 Å². The van der Waals surface area contributed by atoms with Gasteiger partial charge in [-0.1, -0.05) is 0 Å². The monoisotopic (exact) mass is 245 g/mol. The van der Waals surface area contributed by atoms with Crippen LogP contribution in [0.5, 0.6) is 0 Å². The average molecular weight is 245 g/mol. The van der Waals surface area contributed by atoms with Crippen LogP contribution in [0.4, 0.5) is 11.4 Å². The first-order chi connectivity index (χ1) is 8.88. The molecule has 0 aromatic carbocycles. The van der Waals surface area contributed by atoms with Crippen LogP contribution in [0, 0.1) is 0 Å². The molecule has 0 atom stereocenters. The van der Waals surface area contributed by atoms with E-state index in [0.717, 1.165) is 37.4 Å². The van der Waals surface area contributed by atoms with Gasteiger partial charge in [0.2, 0.25) is 0 Å². The number of aromatic nitrogens is 3. The number of pyridine rings is 1. The van der Waals surface area contributed by atoms with Gasteiger partial charge >= 0.3 is 0 Å².